The van der Waals surface area contributed by atoms with Crippen molar-refractivity contribution in [3.05, 3.63) is 0 Å². The van der Waals surface area contributed by atoms with Gasteiger partial charge in [-0.15, -0.1) is 0 Å². The van der Waals surface area contributed by atoms with Gasteiger partial charge in [0.15, 0.2) is 0 Å². The minimum atomic E-state index is 0.0571. The Balaban J connectivity index is 1.95. The zero-order valence-corrected chi connectivity index (χ0v) is 14.7. The summed E-state index contributed by atoms with van der Waals surface area (Å²) in [6.07, 6.45) is 8.16. The van der Waals surface area contributed by atoms with Gasteiger partial charge in [-0.05, 0) is 71.3 Å². The quantitative estimate of drug-likeness (QED) is 0.838. The van der Waals surface area contributed by atoms with E-state index < -0.39 is 0 Å². The van der Waals surface area contributed by atoms with Crippen LogP contribution in [0.2, 0.25) is 0 Å². The lowest BCUT2D eigenvalue weighted by Crippen LogP contribution is -2.49. The Hall–Kier alpha value is -0.120. The number of nitrogens with one attached hydrogen (secondary N) is 1. The lowest BCUT2D eigenvalue weighted by Gasteiger charge is -2.45. The van der Waals surface area contributed by atoms with Gasteiger partial charge >= 0.3 is 0 Å². The molecule has 0 aromatic rings. The van der Waals surface area contributed by atoms with Gasteiger partial charge in [-0.3, -0.25) is 0 Å². The molecule has 3 nitrogen and oxygen atoms in total. The van der Waals surface area contributed by atoms with Gasteiger partial charge in [-0.1, -0.05) is 13.8 Å². The predicted molar refractivity (Wildman–Crippen MR) is 87.6 cm³/mol. The van der Waals surface area contributed by atoms with Gasteiger partial charge in [-0.25, -0.2) is 0 Å². The summed E-state index contributed by atoms with van der Waals surface area (Å²) in [5, 5.41) is 3.38. The number of likely N-dealkylation sites (N-methyl/N-ethyl adjacent to an activating group) is 1. The molecule has 0 bridgehead atoms. The molecule has 124 valence electrons. The van der Waals surface area contributed by atoms with E-state index in [2.05, 4.69) is 40.1 Å². The van der Waals surface area contributed by atoms with Gasteiger partial charge in [0.1, 0.15) is 0 Å². The van der Waals surface area contributed by atoms with Crippen LogP contribution >= 0.6 is 0 Å². The van der Waals surface area contributed by atoms with Crippen molar-refractivity contribution in [1.82, 2.24) is 5.32 Å². The van der Waals surface area contributed by atoms with E-state index in [0.717, 1.165) is 31.2 Å². The second-order valence-corrected chi connectivity index (χ2v) is 7.76. The fraction of sp³-hybridized carbons (Fsp3) is 1.00. The molecule has 1 saturated carbocycles. The van der Waals surface area contributed by atoms with Gasteiger partial charge in [0.2, 0.25) is 0 Å². The fourth-order valence-electron chi connectivity index (χ4n) is 4.29. The summed E-state index contributed by atoms with van der Waals surface area (Å²) in [6.45, 7) is 10.0. The van der Waals surface area contributed by atoms with Crippen LogP contribution in [0.3, 0.4) is 0 Å². The van der Waals surface area contributed by atoms with E-state index in [0.29, 0.717) is 18.3 Å². The summed E-state index contributed by atoms with van der Waals surface area (Å²) in [6, 6.07) is 0. The van der Waals surface area contributed by atoms with E-state index in [-0.39, 0.29) is 5.60 Å². The third-order valence-corrected chi connectivity index (χ3v) is 5.45. The maximum atomic E-state index is 6.69. The summed E-state index contributed by atoms with van der Waals surface area (Å²) in [4.78, 5) is 0. The average Bonchev–Trinajstić information content (AvgIpc) is 2.38. The Labute approximate surface area is 131 Å². The van der Waals surface area contributed by atoms with Crippen molar-refractivity contribution >= 4 is 0 Å². The lowest BCUT2D eigenvalue weighted by molar-refractivity contribution is -0.170. The molecular weight excluding hydrogens is 262 g/mol. The Morgan fingerprint density at radius 2 is 1.71 bits per heavy atom. The van der Waals surface area contributed by atoms with Gasteiger partial charge in [0, 0.05) is 6.54 Å². The van der Waals surface area contributed by atoms with Gasteiger partial charge in [-0.2, -0.15) is 0 Å². The van der Waals surface area contributed by atoms with E-state index >= 15 is 0 Å². The molecule has 0 amide bonds. The van der Waals surface area contributed by atoms with Crippen LogP contribution < -0.4 is 5.32 Å². The second-order valence-electron chi connectivity index (χ2n) is 7.76. The van der Waals surface area contributed by atoms with Gasteiger partial charge in [0.25, 0.3) is 0 Å². The topological polar surface area (TPSA) is 30.5 Å². The highest BCUT2D eigenvalue weighted by molar-refractivity contribution is 4.91. The molecule has 0 radical (unpaired) electrons. The highest BCUT2D eigenvalue weighted by atomic mass is 16.5. The molecule has 2 atom stereocenters. The van der Waals surface area contributed by atoms with E-state index in [1.54, 1.807) is 0 Å². The third kappa shape index (κ3) is 4.67. The van der Waals surface area contributed by atoms with Crippen molar-refractivity contribution in [3.63, 3.8) is 0 Å². The molecule has 1 N–H and O–H groups in total. The predicted octanol–water partition coefficient (Wildman–Crippen LogP) is 3.76. The van der Waals surface area contributed by atoms with E-state index in [9.17, 15) is 0 Å². The first kappa shape index (κ1) is 17.2. The first-order valence-electron chi connectivity index (χ1n) is 8.92. The van der Waals surface area contributed by atoms with E-state index in [1.165, 1.54) is 25.7 Å². The zero-order valence-electron chi connectivity index (χ0n) is 14.7. The Bertz CT molecular complexity index is 300. The van der Waals surface area contributed by atoms with E-state index in [1.807, 2.05) is 0 Å². The fourth-order valence-corrected chi connectivity index (χ4v) is 4.29. The van der Waals surface area contributed by atoms with Crippen LogP contribution in [0.25, 0.3) is 0 Å². The molecule has 1 aliphatic heterocycles. The standard InChI is InChI=1S/C18H35NO2/c1-13(2)16-6-8-18(9-7-16,12-19-5)21-17-10-14(3)20-15(4)11-17/h13-17,19H,6-12H2,1-5H3. The van der Waals surface area contributed by atoms with Crippen molar-refractivity contribution in [2.75, 3.05) is 13.6 Å². The summed E-state index contributed by atoms with van der Waals surface area (Å²) in [7, 11) is 2.05. The van der Waals surface area contributed by atoms with Crippen LogP contribution in [0, 0.1) is 11.8 Å². The van der Waals surface area contributed by atoms with Crippen molar-refractivity contribution in [3.8, 4) is 0 Å². The molecule has 0 spiro atoms. The summed E-state index contributed by atoms with van der Waals surface area (Å²) in [5.74, 6) is 1.69. The molecule has 0 aromatic heterocycles. The number of hydrogen-bond acceptors (Lipinski definition) is 3. The van der Waals surface area contributed by atoms with Crippen molar-refractivity contribution in [2.45, 2.75) is 90.1 Å². The number of ether oxygens (including phenoxy) is 2. The highest BCUT2D eigenvalue weighted by Gasteiger charge is 2.39. The van der Waals surface area contributed by atoms with Crippen LogP contribution in [0.1, 0.15) is 66.2 Å². The zero-order chi connectivity index (χ0) is 15.5. The molecule has 2 unspecified atom stereocenters. The second kappa shape index (κ2) is 7.43. The number of hydrogen-bond donors (Lipinski definition) is 1. The molecule has 2 aliphatic rings. The van der Waals surface area contributed by atoms with Crippen molar-refractivity contribution in [1.29, 1.82) is 0 Å². The first-order valence-corrected chi connectivity index (χ1v) is 8.92. The molecule has 1 saturated heterocycles. The normalized spacial score (nSPS) is 41.4. The van der Waals surface area contributed by atoms with Crippen molar-refractivity contribution in [2.24, 2.45) is 11.8 Å². The molecule has 21 heavy (non-hydrogen) atoms. The summed E-state index contributed by atoms with van der Waals surface area (Å²) in [5.41, 5.74) is 0.0571. The molecule has 1 heterocycles. The minimum Gasteiger partial charge on any atom is -0.375 e. The lowest BCUT2D eigenvalue weighted by atomic mass is 9.74. The number of rotatable bonds is 5. The van der Waals surface area contributed by atoms with Crippen LogP contribution in [0.4, 0.5) is 0 Å². The molecule has 2 fully saturated rings. The molecule has 2 rings (SSSR count). The Morgan fingerprint density at radius 3 is 2.19 bits per heavy atom. The van der Waals surface area contributed by atoms with E-state index in [4.69, 9.17) is 9.47 Å². The minimum absolute atomic E-state index is 0.0571. The van der Waals surface area contributed by atoms with Crippen LogP contribution in [0.15, 0.2) is 0 Å². The van der Waals surface area contributed by atoms with Gasteiger partial charge < -0.3 is 14.8 Å². The largest absolute Gasteiger partial charge is 0.375 e. The molecule has 3 heteroatoms. The highest BCUT2D eigenvalue weighted by Crippen LogP contribution is 2.40. The third-order valence-electron chi connectivity index (χ3n) is 5.45. The summed E-state index contributed by atoms with van der Waals surface area (Å²) < 4.78 is 12.5. The molecule has 0 aromatic carbocycles. The van der Waals surface area contributed by atoms with Gasteiger partial charge in [0.05, 0.1) is 23.9 Å². The average molecular weight is 297 g/mol. The monoisotopic (exact) mass is 297 g/mol. The van der Waals surface area contributed by atoms with Crippen molar-refractivity contribution < 1.29 is 9.47 Å². The smallest absolute Gasteiger partial charge is 0.0810 e. The Morgan fingerprint density at radius 1 is 1.14 bits per heavy atom. The maximum Gasteiger partial charge on any atom is 0.0810 e. The van der Waals surface area contributed by atoms with Crippen LogP contribution in [-0.2, 0) is 9.47 Å². The maximum absolute atomic E-state index is 6.69. The first-order chi connectivity index (χ1) is 9.94. The molecular formula is C18H35NO2. The SMILES string of the molecule is CNCC1(OC2CC(C)OC(C)C2)CCC(C(C)C)CC1. The summed E-state index contributed by atoms with van der Waals surface area (Å²) >= 11 is 0. The van der Waals surface area contributed by atoms with Crippen LogP contribution in [-0.4, -0.2) is 37.5 Å². The van der Waals surface area contributed by atoms with Crippen LogP contribution in [0.5, 0.6) is 0 Å². The molecule has 1 aliphatic carbocycles. The Kier molecular flexibility index (Phi) is 6.10.